The molecule has 1 aromatic rings. The number of aryl methyl sites for hydroxylation is 2. The fourth-order valence-corrected chi connectivity index (χ4v) is 2.42. The highest BCUT2D eigenvalue weighted by molar-refractivity contribution is 5.91. The van der Waals surface area contributed by atoms with Gasteiger partial charge in [-0.25, -0.2) is 4.79 Å². The number of hydrogen-bond donors (Lipinski definition) is 1. The predicted molar refractivity (Wildman–Crippen MR) is 78.3 cm³/mol. The van der Waals surface area contributed by atoms with E-state index in [1.165, 1.54) is 17.5 Å². The minimum absolute atomic E-state index is 0.264. The zero-order chi connectivity index (χ0) is 15.1. The van der Waals surface area contributed by atoms with Crippen LogP contribution in [0.25, 0.3) is 0 Å². The molecule has 0 atom stereocenters. The fourth-order valence-electron chi connectivity index (χ4n) is 2.42. The van der Waals surface area contributed by atoms with Crippen LogP contribution >= 0.6 is 0 Å². The highest BCUT2D eigenvalue weighted by atomic mass is 16.5. The molecule has 0 heterocycles. The molecule has 1 amide bonds. The van der Waals surface area contributed by atoms with Crippen molar-refractivity contribution < 1.29 is 19.1 Å². The minimum atomic E-state index is -0.453. The maximum Gasteiger partial charge on any atom is 0.338 e. The molecule has 0 aromatic heterocycles. The van der Waals surface area contributed by atoms with Crippen molar-refractivity contribution in [1.29, 1.82) is 0 Å². The number of rotatable bonds is 6. The normalized spacial score (nSPS) is 13.4. The Morgan fingerprint density at radius 1 is 1.19 bits per heavy atom. The van der Waals surface area contributed by atoms with Crippen LogP contribution in [0.4, 0.5) is 0 Å². The monoisotopic (exact) mass is 291 g/mol. The lowest BCUT2D eigenvalue weighted by Gasteiger charge is -2.16. The number of hydrogen-bond acceptors (Lipinski definition) is 4. The fraction of sp³-hybridized carbons (Fsp3) is 0.500. The van der Waals surface area contributed by atoms with Crippen LogP contribution in [0.1, 0.15) is 34.3 Å². The van der Waals surface area contributed by atoms with E-state index in [2.05, 4.69) is 5.32 Å². The second-order valence-electron chi connectivity index (χ2n) is 5.11. The molecular formula is C16H21NO4. The summed E-state index contributed by atoms with van der Waals surface area (Å²) in [6.45, 7) is 0.579. The summed E-state index contributed by atoms with van der Waals surface area (Å²) in [7, 11) is 1.56. The Kier molecular flexibility index (Phi) is 5.75. The Labute approximate surface area is 124 Å². The first kappa shape index (κ1) is 15.5. The summed E-state index contributed by atoms with van der Waals surface area (Å²) in [6.07, 6.45) is 4.45. The van der Waals surface area contributed by atoms with Crippen LogP contribution in [-0.2, 0) is 27.1 Å². The molecule has 21 heavy (non-hydrogen) atoms. The number of carbonyl (C=O) groups is 2. The summed E-state index contributed by atoms with van der Waals surface area (Å²) in [4.78, 5) is 23.4. The van der Waals surface area contributed by atoms with Crippen molar-refractivity contribution in [1.82, 2.24) is 5.32 Å². The van der Waals surface area contributed by atoms with Gasteiger partial charge in [0.1, 0.15) is 0 Å². The van der Waals surface area contributed by atoms with Crippen molar-refractivity contribution in [3.05, 3.63) is 34.9 Å². The first-order valence-electron chi connectivity index (χ1n) is 7.25. The molecule has 1 aliphatic carbocycles. The predicted octanol–water partition coefficient (Wildman–Crippen LogP) is 1.48. The zero-order valence-electron chi connectivity index (χ0n) is 12.3. The van der Waals surface area contributed by atoms with Crippen LogP contribution in [0.3, 0.4) is 0 Å². The number of carbonyl (C=O) groups excluding carboxylic acids is 2. The number of fused-ring (bicyclic) bond motifs is 1. The van der Waals surface area contributed by atoms with E-state index in [1.54, 1.807) is 13.2 Å². The summed E-state index contributed by atoms with van der Waals surface area (Å²) >= 11 is 0. The van der Waals surface area contributed by atoms with Crippen LogP contribution < -0.4 is 5.32 Å². The van der Waals surface area contributed by atoms with Crippen LogP contribution in [-0.4, -0.2) is 38.7 Å². The molecule has 0 bridgehead atoms. The first-order valence-corrected chi connectivity index (χ1v) is 7.25. The van der Waals surface area contributed by atoms with Gasteiger partial charge in [-0.3, -0.25) is 4.79 Å². The standard InChI is InChI=1S/C16H21NO4/c1-20-9-8-17-15(18)11-21-16(19)14-7-6-12-4-2-3-5-13(12)10-14/h6-7,10H,2-5,8-9,11H2,1H3,(H,17,18). The smallest absolute Gasteiger partial charge is 0.338 e. The van der Waals surface area contributed by atoms with Gasteiger partial charge in [0.15, 0.2) is 6.61 Å². The van der Waals surface area contributed by atoms with Gasteiger partial charge in [0, 0.05) is 13.7 Å². The third-order valence-electron chi connectivity index (χ3n) is 3.55. The Bertz CT molecular complexity index is 513. The summed E-state index contributed by atoms with van der Waals surface area (Å²) in [5.41, 5.74) is 3.05. The van der Waals surface area contributed by atoms with E-state index in [1.807, 2.05) is 12.1 Å². The van der Waals surface area contributed by atoms with Crippen molar-refractivity contribution in [3.8, 4) is 0 Å². The molecule has 1 aromatic carbocycles. The van der Waals surface area contributed by atoms with E-state index < -0.39 is 5.97 Å². The van der Waals surface area contributed by atoms with Crippen molar-refractivity contribution in [3.63, 3.8) is 0 Å². The van der Waals surface area contributed by atoms with E-state index in [4.69, 9.17) is 9.47 Å². The average molecular weight is 291 g/mol. The maximum atomic E-state index is 11.9. The van der Waals surface area contributed by atoms with Crippen molar-refractivity contribution >= 4 is 11.9 Å². The lowest BCUT2D eigenvalue weighted by molar-refractivity contribution is -0.124. The van der Waals surface area contributed by atoms with Gasteiger partial charge in [-0.2, -0.15) is 0 Å². The Hall–Kier alpha value is -1.88. The van der Waals surface area contributed by atoms with E-state index >= 15 is 0 Å². The number of nitrogens with one attached hydrogen (secondary N) is 1. The van der Waals surface area contributed by atoms with Crippen LogP contribution in [0.5, 0.6) is 0 Å². The van der Waals surface area contributed by atoms with E-state index in [0.29, 0.717) is 18.7 Å². The van der Waals surface area contributed by atoms with Gasteiger partial charge in [-0.1, -0.05) is 6.07 Å². The molecule has 0 unspecified atom stereocenters. The molecule has 0 saturated carbocycles. The van der Waals surface area contributed by atoms with Gasteiger partial charge in [0.25, 0.3) is 5.91 Å². The van der Waals surface area contributed by atoms with Crippen molar-refractivity contribution in [2.45, 2.75) is 25.7 Å². The van der Waals surface area contributed by atoms with Gasteiger partial charge in [0.05, 0.1) is 12.2 Å². The molecule has 0 radical (unpaired) electrons. The van der Waals surface area contributed by atoms with E-state index in [-0.39, 0.29) is 12.5 Å². The van der Waals surface area contributed by atoms with Crippen molar-refractivity contribution in [2.24, 2.45) is 0 Å². The Balaban J connectivity index is 1.84. The van der Waals surface area contributed by atoms with Gasteiger partial charge in [-0.05, 0) is 48.9 Å². The number of benzene rings is 1. The number of amides is 1. The van der Waals surface area contributed by atoms with Crippen LogP contribution in [0, 0.1) is 0 Å². The lowest BCUT2D eigenvalue weighted by atomic mass is 9.90. The van der Waals surface area contributed by atoms with Gasteiger partial charge < -0.3 is 14.8 Å². The van der Waals surface area contributed by atoms with Gasteiger partial charge >= 0.3 is 5.97 Å². The van der Waals surface area contributed by atoms with Crippen LogP contribution in [0.2, 0.25) is 0 Å². The molecule has 0 fully saturated rings. The van der Waals surface area contributed by atoms with Crippen molar-refractivity contribution in [2.75, 3.05) is 26.9 Å². The molecule has 2 rings (SSSR count). The summed E-state index contributed by atoms with van der Waals surface area (Å²) in [5, 5.41) is 2.60. The summed E-state index contributed by atoms with van der Waals surface area (Å²) in [6, 6.07) is 5.65. The SMILES string of the molecule is COCCNC(=O)COC(=O)c1ccc2c(c1)CCCC2. The number of ether oxygens (including phenoxy) is 2. The maximum absolute atomic E-state index is 11.9. The Morgan fingerprint density at radius 2 is 1.95 bits per heavy atom. The molecule has 114 valence electrons. The highest BCUT2D eigenvalue weighted by Gasteiger charge is 2.14. The largest absolute Gasteiger partial charge is 0.452 e. The van der Waals surface area contributed by atoms with E-state index in [0.717, 1.165) is 19.3 Å². The molecule has 0 spiro atoms. The van der Waals surface area contributed by atoms with Crippen LogP contribution in [0.15, 0.2) is 18.2 Å². The van der Waals surface area contributed by atoms with Gasteiger partial charge in [0.2, 0.25) is 0 Å². The molecule has 0 aliphatic heterocycles. The quantitative estimate of drug-likeness (QED) is 0.637. The third-order valence-corrected chi connectivity index (χ3v) is 3.55. The second-order valence-corrected chi connectivity index (χ2v) is 5.11. The lowest BCUT2D eigenvalue weighted by Crippen LogP contribution is -2.31. The molecule has 5 heteroatoms. The summed E-state index contributed by atoms with van der Waals surface area (Å²) < 4.78 is 9.84. The first-order chi connectivity index (χ1) is 10.2. The highest BCUT2D eigenvalue weighted by Crippen LogP contribution is 2.22. The molecule has 0 saturated heterocycles. The zero-order valence-corrected chi connectivity index (χ0v) is 12.3. The van der Waals surface area contributed by atoms with E-state index in [9.17, 15) is 9.59 Å². The number of esters is 1. The molecular weight excluding hydrogens is 270 g/mol. The molecule has 5 nitrogen and oxygen atoms in total. The topological polar surface area (TPSA) is 64.6 Å². The molecule has 1 aliphatic rings. The number of methoxy groups -OCH3 is 1. The molecule has 1 N–H and O–H groups in total. The van der Waals surface area contributed by atoms with Gasteiger partial charge in [-0.15, -0.1) is 0 Å². The Morgan fingerprint density at radius 3 is 2.71 bits per heavy atom. The summed E-state index contributed by atoms with van der Waals surface area (Å²) in [5.74, 6) is -0.774. The second kappa shape index (κ2) is 7.78. The average Bonchev–Trinajstić information content (AvgIpc) is 2.52. The minimum Gasteiger partial charge on any atom is -0.452 e. The third kappa shape index (κ3) is 4.56.